The van der Waals surface area contributed by atoms with E-state index in [1.54, 1.807) is 29.4 Å². The van der Waals surface area contributed by atoms with E-state index in [0.717, 1.165) is 5.56 Å². The van der Waals surface area contributed by atoms with E-state index in [-0.39, 0.29) is 24.8 Å². The summed E-state index contributed by atoms with van der Waals surface area (Å²) in [4.78, 5) is 28.0. The summed E-state index contributed by atoms with van der Waals surface area (Å²) in [6, 6.07) is 5.09. The van der Waals surface area contributed by atoms with Gasteiger partial charge in [-0.15, -0.1) is 0 Å². The van der Waals surface area contributed by atoms with Crippen molar-refractivity contribution in [3.05, 3.63) is 47.9 Å². The first-order valence-corrected chi connectivity index (χ1v) is 8.99. The van der Waals surface area contributed by atoms with Gasteiger partial charge in [0.05, 0.1) is 12.2 Å². The van der Waals surface area contributed by atoms with Crippen LogP contribution >= 0.6 is 0 Å². The van der Waals surface area contributed by atoms with E-state index in [1.807, 2.05) is 6.07 Å². The Hall–Kier alpha value is -3.27. The number of nitrogens with zero attached hydrogens (tertiary/aromatic N) is 5. The van der Waals surface area contributed by atoms with Crippen LogP contribution in [-0.4, -0.2) is 45.0 Å². The minimum atomic E-state index is -1.20. The van der Waals surface area contributed by atoms with Gasteiger partial charge in [0, 0.05) is 18.0 Å². The zero-order valence-corrected chi connectivity index (χ0v) is 14.8. The lowest BCUT2D eigenvalue weighted by atomic mass is 10.1. The summed E-state index contributed by atoms with van der Waals surface area (Å²) >= 11 is 0. The van der Waals surface area contributed by atoms with Crippen molar-refractivity contribution in [2.45, 2.75) is 25.2 Å². The summed E-state index contributed by atoms with van der Waals surface area (Å²) in [6.45, 7) is 0.308. The van der Waals surface area contributed by atoms with Gasteiger partial charge in [-0.05, 0) is 25.0 Å². The van der Waals surface area contributed by atoms with Gasteiger partial charge < -0.3 is 9.64 Å². The highest BCUT2D eigenvalue weighted by atomic mass is 19.1. The van der Waals surface area contributed by atoms with Crippen molar-refractivity contribution in [3.8, 4) is 5.88 Å². The standard InChI is InChI=1S/C18H17FN6O3/c19-14-4-3-13-11-2-1-6-20-18(11)27-8-9-28-23-17(26)12-10-21-24-7-5-15(25(13)14)22-16(12)24/h1-2,5-7,10,13-14H,3-4,8-9H2,(H,23,26)/t13-,14?/m1/s1. The van der Waals surface area contributed by atoms with Gasteiger partial charge in [0.15, 0.2) is 11.9 Å². The molecule has 0 saturated carbocycles. The van der Waals surface area contributed by atoms with Crippen LogP contribution in [0.1, 0.15) is 34.8 Å². The number of rotatable bonds is 0. The van der Waals surface area contributed by atoms with E-state index in [1.165, 1.54) is 10.7 Å². The maximum atomic E-state index is 14.9. The molecule has 3 aromatic heterocycles. The lowest BCUT2D eigenvalue weighted by Crippen LogP contribution is -2.31. The van der Waals surface area contributed by atoms with Gasteiger partial charge >= 0.3 is 0 Å². The van der Waals surface area contributed by atoms with E-state index in [2.05, 4.69) is 20.5 Å². The van der Waals surface area contributed by atoms with Gasteiger partial charge in [-0.1, -0.05) is 6.07 Å². The molecule has 0 aliphatic carbocycles. The Kier molecular flexibility index (Phi) is 4.05. The molecule has 144 valence electrons. The molecule has 28 heavy (non-hydrogen) atoms. The molecule has 0 radical (unpaired) electrons. The molecule has 10 heteroatoms. The fourth-order valence-electron chi connectivity index (χ4n) is 3.67. The van der Waals surface area contributed by atoms with Crippen molar-refractivity contribution in [2.75, 3.05) is 18.1 Å². The number of carbonyl (C=O) groups is 1. The van der Waals surface area contributed by atoms with Crippen molar-refractivity contribution < 1.29 is 18.8 Å². The number of anilines is 1. The van der Waals surface area contributed by atoms with E-state index in [9.17, 15) is 9.18 Å². The third-order valence-electron chi connectivity index (χ3n) is 4.93. The van der Waals surface area contributed by atoms with Crippen LogP contribution in [0.3, 0.4) is 0 Å². The highest BCUT2D eigenvalue weighted by Gasteiger charge is 2.37. The van der Waals surface area contributed by atoms with Crippen LogP contribution in [0.4, 0.5) is 10.2 Å². The second-order valence-corrected chi connectivity index (χ2v) is 6.57. The zero-order chi connectivity index (χ0) is 19.1. The van der Waals surface area contributed by atoms with Gasteiger partial charge in [-0.3, -0.25) is 9.63 Å². The van der Waals surface area contributed by atoms with Crippen LogP contribution < -0.4 is 15.1 Å². The molecule has 0 aromatic carbocycles. The van der Waals surface area contributed by atoms with E-state index in [0.29, 0.717) is 30.2 Å². The van der Waals surface area contributed by atoms with Crippen LogP contribution in [0.25, 0.3) is 5.65 Å². The molecule has 0 spiro atoms. The lowest BCUT2D eigenvalue weighted by Gasteiger charge is -2.28. The minimum absolute atomic E-state index is 0.125. The third-order valence-corrected chi connectivity index (χ3v) is 4.93. The fraction of sp³-hybridized carbons (Fsp3) is 0.333. The summed E-state index contributed by atoms with van der Waals surface area (Å²) in [7, 11) is 0. The maximum absolute atomic E-state index is 14.9. The van der Waals surface area contributed by atoms with Crippen molar-refractivity contribution in [3.63, 3.8) is 0 Å². The van der Waals surface area contributed by atoms with Gasteiger partial charge in [0.1, 0.15) is 24.6 Å². The Morgan fingerprint density at radius 1 is 1.25 bits per heavy atom. The first-order chi connectivity index (χ1) is 13.7. The Bertz CT molecular complexity index is 1040. The summed E-state index contributed by atoms with van der Waals surface area (Å²) in [5, 5.41) is 4.13. The highest BCUT2D eigenvalue weighted by molar-refractivity contribution is 5.99. The fourth-order valence-corrected chi connectivity index (χ4v) is 3.67. The molecule has 9 nitrogen and oxygen atoms in total. The van der Waals surface area contributed by atoms with Crippen LogP contribution in [0.2, 0.25) is 0 Å². The Morgan fingerprint density at radius 3 is 3.11 bits per heavy atom. The molecule has 2 bridgehead atoms. The average Bonchev–Trinajstić information content (AvgIpc) is 3.30. The molecule has 2 aliphatic heterocycles. The number of ether oxygens (including phenoxy) is 1. The molecule has 2 aliphatic rings. The number of aromatic nitrogens is 4. The number of fused-ring (bicyclic) bond motifs is 5. The summed E-state index contributed by atoms with van der Waals surface area (Å²) in [6.07, 6.45) is 4.44. The van der Waals surface area contributed by atoms with Gasteiger partial charge in [0.25, 0.3) is 5.91 Å². The summed E-state index contributed by atoms with van der Waals surface area (Å²) in [5.41, 5.74) is 3.71. The minimum Gasteiger partial charge on any atom is -0.475 e. The number of halogens is 1. The molecule has 5 rings (SSSR count). The molecule has 5 heterocycles. The second kappa shape index (κ2) is 6.71. The quantitative estimate of drug-likeness (QED) is 0.591. The number of hydrogen-bond donors (Lipinski definition) is 1. The average molecular weight is 384 g/mol. The van der Waals surface area contributed by atoms with Crippen molar-refractivity contribution in [1.82, 2.24) is 25.1 Å². The predicted octanol–water partition coefficient (Wildman–Crippen LogP) is 1.82. The van der Waals surface area contributed by atoms with Crippen molar-refractivity contribution >= 4 is 17.4 Å². The number of nitrogens with one attached hydrogen (secondary N) is 1. The molecule has 2 atom stereocenters. The monoisotopic (exact) mass is 384 g/mol. The molecule has 1 unspecified atom stereocenters. The van der Waals surface area contributed by atoms with E-state index >= 15 is 0 Å². The zero-order valence-electron chi connectivity index (χ0n) is 14.8. The first kappa shape index (κ1) is 16.9. The first-order valence-electron chi connectivity index (χ1n) is 8.99. The molecule has 1 saturated heterocycles. The largest absolute Gasteiger partial charge is 0.475 e. The molecule has 1 N–H and O–H groups in total. The molecular weight excluding hydrogens is 367 g/mol. The predicted molar refractivity (Wildman–Crippen MR) is 95.5 cm³/mol. The third kappa shape index (κ3) is 2.73. The number of hydroxylamine groups is 1. The number of carbonyl (C=O) groups excluding carboxylic acids is 1. The van der Waals surface area contributed by atoms with Crippen molar-refractivity contribution in [1.29, 1.82) is 0 Å². The van der Waals surface area contributed by atoms with Crippen molar-refractivity contribution in [2.24, 2.45) is 0 Å². The molecule has 3 aromatic rings. The van der Waals surface area contributed by atoms with Crippen LogP contribution in [-0.2, 0) is 4.84 Å². The lowest BCUT2D eigenvalue weighted by molar-refractivity contribution is 0.0195. The second-order valence-electron chi connectivity index (χ2n) is 6.57. The number of pyridine rings is 1. The number of hydrogen-bond acceptors (Lipinski definition) is 7. The van der Waals surface area contributed by atoms with Crippen LogP contribution in [0.15, 0.2) is 36.8 Å². The summed E-state index contributed by atoms with van der Waals surface area (Å²) < 4.78 is 22.1. The van der Waals surface area contributed by atoms with Crippen LogP contribution in [0.5, 0.6) is 5.88 Å². The van der Waals surface area contributed by atoms with Gasteiger partial charge in [0.2, 0.25) is 5.88 Å². The number of alkyl halides is 1. The Balaban J connectivity index is 1.67. The van der Waals surface area contributed by atoms with Gasteiger partial charge in [-0.2, -0.15) is 5.10 Å². The Morgan fingerprint density at radius 2 is 2.18 bits per heavy atom. The summed E-state index contributed by atoms with van der Waals surface area (Å²) in [5.74, 6) is 0.361. The smallest absolute Gasteiger partial charge is 0.280 e. The normalized spacial score (nSPS) is 22.3. The molecular formula is C18H17FN6O3. The number of amides is 1. The topological polar surface area (TPSA) is 93.9 Å². The SMILES string of the molecule is O=C1NOCCOc2ncccc2[C@H]2CCC(F)N2c2ccn3ncc1c3n2. The highest BCUT2D eigenvalue weighted by Crippen LogP contribution is 2.42. The van der Waals surface area contributed by atoms with E-state index < -0.39 is 12.2 Å². The molecule has 1 fully saturated rings. The van der Waals surface area contributed by atoms with E-state index in [4.69, 9.17) is 9.57 Å². The van der Waals surface area contributed by atoms with Crippen LogP contribution in [0, 0.1) is 0 Å². The molecule has 1 amide bonds. The Labute approximate surface area is 159 Å². The van der Waals surface area contributed by atoms with Gasteiger partial charge in [-0.25, -0.2) is 24.4 Å². The maximum Gasteiger partial charge on any atom is 0.280 e.